The fourth-order valence-electron chi connectivity index (χ4n) is 1.91. The normalized spacial score (nSPS) is 18.1. The van der Waals surface area contributed by atoms with Crippen LogP contribution in [-0.2, 0) is 6.18 Å². The molecule has 0 bridgehead atoms. The average Bonchev–Trinajstić information content (AvgIpc) is 2.25. The van der Waals surface area contributed by atoms with Gasteiger partial charge in [-0.3, -0.25) is 0 Å². The fourth-order valence-corrected chi connectivity index (χ4v) is 1.91. The van der Waals surface area contributed by atoms with E-state index in [1.807, 2.05) is 6.92 Å². The van der Waals surface area contributed by atoms with Gasteiger partial charge in [0.2, 0.25) is 5.82 Å². The molecule has 0 spiro atoms. The van der Waals surface area contributed by atoms with Crippen molar-refractivity contribution in [2.75, 3.05) is 17.7 Å². The van der Waals surface area contributed by atoms with Crippen molar-refractivity contribution < 1.29 is 13.2 Å². The molecule has 0 unspecified atom stereocenters. The Morgan fingerprint density at radius 1 is 1.22 bits per heavy atom. The van der Waals surface area contributed by atoms with Crippen LogP contribution in [-0.4, -0.2) is 22.6 Å². The fraction of sp³-hybridized carbons (Fsp3) is 0.636. The summed E-state index contributed by atoms with van der Waals surface area (Å²) < 4.78 is 37.9. The first kappa shape index (κ1) is 12.9. The van der Waals surface area contributed by atoms with Gasteiger partial charge in [0.05, 0.1) is 0 Å². The lowest BCUT2D eigenvalue weighted by Crippen LogP contribution is -2.42. The first-order valence-electron chi connectivity index (χ1n) is 5.75. The molecule has 18 heavy (non-hydrogen) atoms. The van der Waals surface area contributed by atoms with Crippen LogP contribution in [0.3, 0.4) is 0 Å². The molecular formula is C11H15F3N4. The highest BCUT2D eigenvalue weighted by Gasteiger charge is 2.37. The molecule has 0 atom stereocenters. The van der Waals surface area contributed by atoms with Crippen LogP contribution < -0.4 is 10.6 Å². The highest BCUT2D eigenvalue weighted by atomic mass is 19.4. The number of nitrogens with one attached hydrogen (secondary N) is 2. The van der Waals surface area contributed by atoms with E-state index in [1.54, 1.807) is 0 Å². The van der Waals surface area contributed by atoms with E-state index < -0.39 is 12.0 Å². The minimum absolute atomic E-state index is 0.151. The Morgan fingerprint density at radius 3 is 2.28 bits per heavy atom. The Balaban J connectivity index is 2.29. The van der Waals surface area contributed by atoms with Crippen molar-refractivity contribution in [3.8, 4) is 0 Å². The number of nitrogens with zero attached hydrogens (tertiary/aromatic N) is 2. The minimum Gasteiger partial charge on any atom is -0.373 e. The molecule has 1 aliphatic rings. The van der Waals surface area contributed by atoms with Crippen molar-refractivity contribution in [2.45, 2.75) is 37.9 Å². The zero-order chi connectivity index (χ0) is 13.4. The summed E-state index contributed by atoms with van der Waals surface area (Å²) in [5.41, 5.74) is -0.151. The van der Waals surface area contributed by atoms with Crippen LogP contribution >= 0.6 is 0 Å². The molecule has 7 heteroatoms. The molecule has 1 aliphatic carbocycles. The maximum absolute atomic E-state index is 12.6. The standard InChI is InChI=1S/C11H15F3N4/c1-10(4-3-5-10)18-8-6-7(15-2)16-9(17-8)11(12,13)14/h6H,3-5H2,1-2H3,(H2,15,16,17,18). The maximum Gasteiger partial charge on any atom is 0.451 e. The molecule has 0 aromatic carbocycles. The molecule has 0 radical (unpaired) electrons. The molecule has 2 N–H and O–H groups in total. The quantitative estimate of drug-likeness (QED) is 0.877. The van der Waals surface area contributed by atoms with Crippen molar-refractivity contribution in [1.82, 2.24) is 9.97 Å². The lowest BCUT2D eigenvalue weighted by atomic mass is 9.78. The van der Waals surface area contributed by atoms with Crippen LogP contribution in [0.1, 0.15) is 32.0 Å². The summed E-state index contributed by atoms with van der Waals surface area (Å²) >= 11 is 0. The summed E-state index contributed by atoms with van der Waals surface area (Å²) in [5.74, 6) is -0.758. The molecule has 1 heterocycles. The lowest BCUT2D eigenvalue weighted by Gasteiger charge is -2.39. The smallest absolute Gasteiger partial charge is 0.373 e. The van der Waals surface area contributed by atoms with E-state index >= 15 is 0 Å². The summed E-state index contributed by atoms with van der Waals surface area (Å²) in [6, 6.07) is 1.48. The third kappa shape index (κ3) is 2.65. The lowest BCUT2D eigenvalue weighted by molar-refractivity contribution is -0.144. The number of aromatic nitrogens is 2. The molecule has 1 fully saturated rings. The van der Waals surface area contributed by atoms with Gasteiger partial charge in [-0.15, -0.1) is 0 Å². The summed E-state index contributed by atoms with van der Waals surface area (Å²) in [7, 11) is 1.53. The van der Waals surface area contributed by atoms with E-state index in [2.05, 4.69) is 20.6 Å². The predicted octanol–water partition coefficient (Wildman–Crippen LogP) is 2.89. The van der Waals surface area contributed by atoms with Crippen molar-refractivity contribution >= 4 is 11.6 Å². The summed E-state index contributed by atoms with van der Waals surface area (Å²) in [6.07, 6.45) is -1.58. The Morgan fingerprint density at radius 2 is 1.83 bits per heavy atom. The second-order valence-corrected chi connectivity index (χ2v) is 4.75. The van der Waals surface area contributed by atoms with Gasteiger partial charge in [0.25, 0.3) is 0 Å². The van der Waals surface area contributed by atoms with E-state index in [-0.39, 0.29) is 17.2 Å². The van der Waals surface area contributed by atoms with Crippen LogP contribution in [0, 0.1) is 0 Å². The Kier molecular flexibility index (Phi) is 3.08. The van der Waals surface area contributed by atoms with Crippen LogP contribution in [0.5, 0.6) is 0 Å². The van der Waals surface area contributed by atoms with Crippen LogP contribution in [0.4, 0.5) is 24.8 Å². The second kappa shape index (κ2) is 4.29. The average molecular weight is 260 g/mol. The van der Waals surface area contributed by atoms with E-state index in [9.17, 15) is 13.2 Å². The third-order valence-electron chi connectivity index (χ3n) is 3.12. The van der Waals surface area contributed by atoms with Gasteiger partial charge in [0.15, 0.2) is 0 Å². The predicted molar refractivity (Wildman–Crippen MR) is 62.5 cm³/mol. The molecule has 2 rings (SSSR count). The highest BCUT2D eigenvalue weighted by molar-refractivity contribution is 5.49. The highest BCUT2D eigenvalue weighted by Crippen LogP contribution is 2.35. The topological polar surface area (TPSA) is 49.8 Å². The zero-order valence-electron chi connectivity index (χ0n) is 10.2. The first-order valence-corrected chi connectivity index (χ1v) is 5.75. The SMILES string of the molecule is CNc1cc(NC2(C)CCC2)nc(C(F)(F)F)n1. The van der Waals surface area contributed by atoms with E-state index in [0.717, 1.165) is 19.3 Å². The van der Waals surface area contributed by atoms with E-state index in [0.29, 0.717) is 0 Å². The zero-order valence-corrected chi connectivity index (χ0v) is 10.2. The number of alkyl halides is 3. The largest absolute Gasteiger partial charge is 0.451 e. The van der Waals surface area contributed by atoms with Crippen molar-refractivity contribution in [3.63, 3.8) is 0 Å². The van der Waals surface area contributed by atoms with Gasteiger partial charge in [0.1, 0.15) is 11.6 Å². The number of rotatable bonds is 3. The van der Waals surface area contributed by atoms with Gasteiger partial charge in [-0.25, -0.2) is 9.97 Å². The van der Waals surface area contributed by atoms with Crippen LogP contribution in [0.25, 0.3) is 0 Å². The monoisotopic (exact) mass is 260 g/mol. The van der Waals surface area contributed by atoms with Gasteiger partial charge < -0.3 is 10.6 Å². The van der Waals surface area contributed by atoms with Gasteiger partial charge in [-0.2, -0.15) is 13.2 Å². The second-order valence-electron chi connectivity index (χ2n) is 4.75. The Bertz CT molecular complexity index is 440. The number of hydrogen-bond donors (Lipinski definition) is 2. The van der Waals surface area contributed by atoms with Gasteiger partial charge in [-0.05, 0) is 26.2 Å². The molecule has 0 saturated heterocycles. The Labute approximate surface area is 103 Å². The van der Waals surface area contributed by atoms with Gasteiger partial charge >= 0.3 is 6.18 Å². The molecule has 0 aliphatic heterocycles. The molecule has 1 saturated carbocycles. The van der Waals surface area contributed by atoms with Crippen LogP contribution in [0.2, 0.25) is 0 Å². The van der Waals surface area contributed by atoms with Crippen molar-refractivity contribution in [3.05, 3.63) is 11.9 Å². The molecule has 4 nitrogen and oxygen atoms in total. The van der Waals surface area contributed by atoms with Gasteiger partial charge in [0, 0.05) is 18.7 Å². The van der Waals surface area contributed by atoms with E-state index in [1.165, 1.54) is 13.1 Å². The summed E-state index contributed by atoms with van der Waals surface area (Å²) in [5, 5.41) is 5.66. The summed E-state index contributed by atoms with van der Waals surface area (Å²) in [4.78, 5) is 6.94. The molecule has 1 aromatic rings. The van der Waals surface area contributed by atoms with Crippen LogP contribution in [0.15, 0.2) is 6.07 Å². The number of hydrogen-bond acceptors (Lipinski definition) is 4. The minimum atomic E-state index is -4.54. The van der Waals surface area contributed by atoms with E-state index in [4.69, 9.17) is 0 Å². The molecule has 100 valence electrons. The first-order chi connectivity index (χ1) is 8.32. The number of halogens is 3. The number of anilines is 2. The van der Waals surface area contributed by atoms with Crippen molar-refractivity contribution in [1.29, 1.82) is 0 Å². The maximum atomic E-state index is 12.6. The van der Waals surface area contributed by atoms with Gasteiger partial charge in [-0.1, -0.05) is 0 Å². The Hall–Kier alpha value is -1.53. The molecule has 1 aromatic heterocycles. The molecule has 0 amide bonds. The third-order valence-corrected chi connectivity index (χ3v) is 3.12. The van der Waals surface area contributed by atoms with Crippen molar-refractivity contribution in [2.24, 2.45) is 0 Å². The molecular weight excluding hydrogens is 245 g/mol. The summed E-state index contributed by atoms with van der Waals surface area (Å²) in [6.45, 7) is 1.98.